The van der Waals surface area contributed by atoms with E-state index in [1.807, 2.05) is 30.3 Å². The standard InChI is InChI=1S/C24H18N4O5/c29-24(25-17-8-11-21-22(14-17)33-13-12-32-21)20-15-27(18-4-2-1-3-5-18)26-23(20)16-6-9-19(10-7-16)28(30)31/h1-11,14-15H,12-13H2,(H,25,29). The molecule has 1 aliphatic heterocycles. The van der Waals surface area contributed by atoms with Crippen LogP contribution >= 0.6 is 0 Å². The lowest BCUT2D eigenvalue weighted by Crippen LogP contribution is -2.16. The molecule has 1 aromatic heterocycles. The first-order valence-electron chi connectivity index (χ1n) is 10.2. The van der Waals surface area contributed by atoms with Crippen LogP contribution in [0.1, 0.15) is 10.4 Å². The van der Waals surface area contributed by atoms with Gasteiger partial charge in [0.05, 0.1) is 16.2 Å². The first-order chi connectivity index (χ1) is 16.1. The molecule has 3 aromatic carbocycles. The number of anilines is 1. The van der Waals surface area contributed by atoms with E-state index in [9.17, 15) is 14.9 Å². The van der Waals surface area contributed by atoms with Gasteiger partial charge in [0.15, 0.2) is 11.5 Å². The van der Waals surface area contributed by atoms with E-state index in [1.54, 1.807) is 41.2 Å². The number of rotatable bonds is 5. The van der Waals surface area contributed by atoms with Crippen molar-refractivity contribution in [3.63, 3.8) is 0 Å². The van der Waals surface area contributed by atoms with Crippen LogP contribution in [0.2, 0.25) is 0 Å². The molecule has 0 spiro atoms. The summed E-state index contributed by atoms with van der Waals surface area (Å²) in [7, 11) is 0. The van der Waals surface area contributed by atoms with Gasteiger partial charge in [-0.05, 0) is 36.4 Å². The maximum Gasteiger partial charge on any atom is 0.269 e. The Morgan fingerprint density at radius 2 is 1.70 bits per heavy atom. The van der Waals surface area contributed by atoms with Crippen molar-refractivity contribution in [1.82, 2.24) is 9.78 Å². The van der Waals surface area contributed by atoms with Crippen molar-refractivity contribution in [3.05, 3.63) is 94.7 Å². The molecule has 0 saturated carbocycles. The highest BCUT2D eigenvalue weighted by Crippen LogP contribution is 2.33. The summed E-state index contributed by atoms with van der Waals surface area (Å²) in [6.45, 7) is 0.925. The van der Waals surface area contributed by atoms with Gasteiger partial charge in [0, 0.05) is 35.6 Å². The summed E-state index contributed by atoms with van der Waals surface area (Å²) in [5, 5.41) is 18.5. The summed E-state index contributed by atoms with van der Waals surface area (Å²) in [5.74, 6) is 0.819. The fourth-order valence-corrected chi connectivity index (χ4v) is 3.53. The Bertz CT molecular complexity index is 1330. The molecule has 164 valence electrons. The van der Waals surface area contributed by atoms with E-state index in [1.165, 1.54) is 12.1 Å². The third-order valence-electron chi connectivity index (χ3n) is 5.13. The van der Waals surface area contributed by atoms with Crippen LogP contribution in [0, 0.1) is 10.1 Å². The van der Waals surface area contributed by atoms with Gasteiger partial charge in [-0.3, -0.25) is 14.9 Å². The molecule has 5 rings (SSSR count). The predicted molar refractivity (Wildman–Crippen MR) is 121 cm³/mol. The van der Waals surface area contributed by atoms with Crippen molar-refractivity contribution in [2.75, 3.05) is 18.5 Å². The van der Waals surface area contributed by atoms with E-state index >= 15 is 0 Å². The zero-order valence-electron chi connectivity index (χ0n) is 17.3. The predicted octanol–water partition coefficient (Wildman–Crippen LogP) is 4.47. The summed E-state index contributed by atoms with van der Waals surface area (Å²) >= 11 is 0. The van der Waals surface area contributed by atoms with E-state index < -0.39 is 4.92 Å². The van der Waals surface area contributed by atoms with Crippen LogP contribution in [-0.2, 0) is 0 Å². The van der Waals surface area contributed by atoms with Crippen LogP contribution in [0.5, 0.6) is 11.5 Å². The zero-order valence-corrected chi connectivity index (χ0v) is 17.3. The second-order valence-corrected chi connectivity index (χ2v) is 7.29. The lowest BCUT2D eigenvalue weighted by atomic mass is 10.1. The molecule has 0 atom stereocenters. The number of para-hydroxylation sites is 1. The largest absolute Gasteiger partial charge is 0.486 e. The molecule has 0 aliphatic carbocycles. The number of nitrogens with zero attached hydrogens (tertiary/aromatic N) is 3. The number of benzene rings is 3. The Labute approximate surface area is 188 Å². The molecule has 2 heterocycles. The van der Waals surface area contributed by atoms with Gasteiger partial charge in [-0.15, -0.1) is 0 Å². The van der Waals surface area contributed by atoms with Gasteiger partial charge in [0.25, 0.3) is 11.6 Å². The summed E-state index contributed by atoms with van der Waals surface area (Å²) in [6, 6.07) is 20.5. The number of non-ortho nitro benzene ring substituents is 1. The normalized spacial score (nSPS) is 12.2. The molecule has 0 saturated heterocycles. The van der Waals surface area contributed by atoms with Crippen LogP contribution in [0.3, 0.4) is 0 Å². The molecule has 1 aliphatic rings. The number of carbonyl (C=O) groups excluding carboxylic acids is 1. The van der Waals surface area contributed by atoms with E-state index in [0.717, 1.165) is 5.69 Å². The van der Waals surface area contributed by atoms with Gasteiger partial charge in [0.2, 0.25) is 0 Å². The van der Waals surface area contributed by atoms with Gasteiger partial charge >= 0.3 is 0 Å². The molecular formula is C24H18N4O5. The van der Waals surface area contributed by atoms with Crippen LogP contribution in [0.15, 0.2) is 79.0 Å². The fourth-order valence-electron chi connectivity index (χ4n) is 3.53. The maximum atomic E-state index is 13.3. The van der Waals surface area contributed by atoms with Crippen LogP contribution < -0.4 is 14.8 Å². The summed E-state index contributed by atoms with van der Waals surface area (Å²) in [6.07, 6.45) is 1.64. The number of ether oxygens (including phenoxy) is 2. The van der Waals surface area contributed by atoms with Crippen molar-refractivity contribution in [2.24, 2.45) is 0 Å². The van der Waals surface area contributed by atoms with Crippen molar-refractivity contribution in [2.45, 2.75) is 0 Å². The van der Waals surface area contributed by atoms with Gasteiger partial charge in [-0.25, -0.2) is 4.68 Å². The molecule has 0 bridgehead atoms. The van der Waals surface area contributed by atoms with Crippen molar-refractivity contribution >= 4 is 17.3 Å². The third kappa shape index (κ3) is 4.11. The molecule has 1 amide bonds. The number of aromatic nitrogens is 2. The fraction of sp³-hybridized carbons (Fsp3) is 0.0833. The Hall–Kier alpha value is -4.66. The molecule has 4 aromatic rings. The van der Waals surface area contributed by atoms with Gasteiger partial charge in [0.1, 0.15) is 18.9 Å². The zero-order chi connectivity index (χ0) is 22.8. The Balaban J connectivity index is 1.51. The molecule has 0 unspecified atom stereocenters. The Kier molecular flexibility index (Phi) is 5.19. The molecule has 0 fully saturated rings. The monoisotopic (exact) mass is 442 g/mol. The topological polar surface area (TPSA) is 109 Å². The average molecular weight is 442 g/mol. The molecule has 0 radical (unpaired) electrons. The van der Waals surface area contributed by atoms with Gasteiger partial charge in [-0.1, -0.05) is 18.2 Å². The van der Waals surface area contributed by atoms with E-state index in [-0.39, 0.29) is 11.6 Å². The number of fused-ring (bicyclic) bond motifs is 1. The summed E-state index contributed by atoms with van der Waals surface area (Å²) in [4.78, 5) is 23.8. The van der Waals surface area contributed by atoms with Crippen molar-refractivity contribution < 1.29 is 19.2 Å². The van der Waals surface area contributed by atoms with Gasteiger partial charge < -0.3 is 14.8 Å². The first-order valence-corrected chi connectivity index (χ1v) is 10.2. The van der Waals surface area contributed by atoms with E-state index in [4.69, 9.17) is 9.47 Å². The quantitative estimate of drug-likeness (QED) is 0.361. The van der Waals surface area contributed by atoms with Crippen molar-refractivity contribution in [1.29, 1.82) is 0 Å². The second-order valence-electron chi connectivity index (χ2n) is 7.29. The Morgan fingerprint density at radius 1 is 0.970 bits per heavy atom. The van der Waals surface area contributed by atoms with Crippen LogP contribution in [0.4, 0.5) is 11.4 Å². The molecule has 33 heavy (non-hydrogen) atoms. The molecule has 9 heteroatoms. The SMILES string of the molecule is O=C(Nc1ccc2c(c1)OCCO2)c1cn(-c2ccccc2)nc1-c1ccc([N+](=O)[O-])cc1. The summed E-state index contributed by atoms with van der Waals surface area (Å²) < 4.78 is 12.7. The average Bonchev–Trinajstić information content (AvgIpc) is 3.30. The smallest absolute Gasteiger partial charge is 0.269 e. The minimum atomic E-state index is -0.470. The first kappa shape index (κ1) is 20.3. The minimum absolute atomic E-state index is 0.0384. The molecule has 9 nitrogen and oxygen atoms in total. The molecule has 1 N–H and O–H groups in total. The minimum Gasteiger partial charge on any atom is -0.486 e. The number of nitro benzene ring substituents is 1. The van der Waals surface area contributed by atoms with Gasteiger partial charge in [-0.2, -0.15) is 5.10 Å². The van der Waals surface area contributed by atoms with E-state index in [0.29, 0.717) is 47.2 Å². The number of carbonyl (C=O) groups is 1. The number of nitro groups is 1. The van der Waals surface area contributed by atoms with Crippen molar-refractivity contribution in [3.8, 4) is 28.4 Å². The maximum absolute atomic E-state index is 13.3. The summed E-state index contributed by atoms with van der Waals surface area (Å²) in [5.41, 5.74) is 2.60. The lowest BCUT2D eigenvalue weighted by molar-refractivity contribution is -0.384. The molecular weight excluding hydrogens is 424 g/mol. The van der Waals surface area contributed by atoms with Crippen LogP contribution in [0.25, 0.3) is 16.9 Å². The lowest BCUT2D eigenvalue weighted by Gasteiger charge is -2.19. The third-order valence-corrected chi connectivity index (χ3v) is 5.13. The number of amides is 1. The highest BCUT2D eigenvalue weighted by Gasteiger charge is 2.21. The second kappa shape index (κ2) is 8.46. The highest BCUT2D eigenvalue weighted by molar-refractivity contribution is 6.08. The van der Waals surface area contributed by atoms with E-state index in [2.05, 4.69) is 10.4 Å². The number of hydrogen-bond donors (Lipinski definition) is 1. The number of hydrogen-bond acceptors (Lipinski definition) is 6. The van der Waals surface area contributed by atoms with Crippen LogP contribution in [-0.4, -0.2) is 33.8 Å². The Morgan fingerprint density at radius 3 is 2.42 bits per heavy atom. The number of nitrogens with one attached hydrogen (secondary N) is 1. The highest BCUT2D eigenvalue weighted by atomic mass is 16.6.